The van der Waals surface area contributed by atoms with Crippen LogP contribution in [-0.2, 0) is 14.4 Å². The molecule has 2 N–H and O–H groups in total. The van der Waals surface area contributed by atoms with Crippen molar-refractivity contribution in [2.45, 2.75) is 119 Å². The van der Waals surface area contributed by atoms with Gasteiger partial charge in [-0.3, -0.25) is 4.79 Å². The average Bonchev–Trinajstić information content (AvgIpc) is 2.78. The molecule has 37 heavy (non-hydrogen) atoms. The molecule has 0 aromatic carbocycles. The number of hydroxylamine groups is 1. The van der Waals surface area contributed by atoms with Gasteiger partial charge in [0, 0.05) is 5.92 Å². The lowest BCUT2D eigenvalue weighted by molar-refractivity contribution is -0.202. The summed E-state index contributed by atoms with van der Waals surface area (Å²) >= 11 is 0. The Morgan fingerprint density at radius 3 is 2.11 bits per heavy atom. The van der Waals surface area contributed by atoms with Crippen molar-refractivity contribution in [3.63, 3.8) is 0 Å². The number of fused-ring (bicyclic) bond motifs is 7. The van der Waals surface area contributed by atoms with E-state index in [9.17, 15) is 14.7 Å². The van der Waals surface area contributed by atoms with Crippen molar-refractivity contribution in [1.29, 1.82) is 0 Å². The van der Waals surface area contributed by atoms with E-state index in [2.05, 4.69) is 71.8 Å². The van der Waals surface area contributed by atoms with E-state index in [1.165, 1.54) is 37.7 Å². The molecule has 6 aliphatic rings. The summed E-state index contributed by atoms with van der Waals surface area (Å²) in [5.74, 6) is 1.32. The highest BCUT2D eigenvalue weighted by Crippen LogP contribution is 2.75. The molecule has 208 valence electrons. The molecule has 6 rings (SSSR count). The minimum Gasteiger partial charge on any atom is -0.393 e. The third-order valence-corrected chi connectivity index (χ3v) is 13.2. The Kier molecular flexibility index (Phi) is 6.21. The highest BCUT2D eigenvalue weighted by Gasteiger charge is 2.69. The average molecular weight is 514 g/mol. The Balaban J connectivity index is 0.000000503. The fourth-order valence-electron chi connectivity index (χ4n) is 10.5. The zero-order valence-corrected chi connectivity index (χ0v) is 24.6. The SMILES string of the molecule is CC1(C)CC[C@]2(C)CC[C@]3(C)C(=CC(=O)C4[C@@]5(C)CC[C@H](O)C(C)(C)C5CC[C@]43C)[C@H]2C1.O=C1CNO1. The number of aliphatic hydroxyl groups excluding tert-OH is 1. The molecular weight excluding hydrogens is 462 g/mol. The summed E-state index contributed by atoms with van der Waals surface area (Å²) in [7, 11) is 0. The van der Waals surface area contributed by atoms with Gasteiger partial charge in [0.1, 0.15) is 6.54 Å². The molecule has 8 atom stereocenters. The predicted molar refractivity (Wildman–Crippen MR) is 145 cm³/mol. The van der Waals surface area contributed by atoms with Gasteiger partial charge in [0.25, 0.3) is 0 Å². The largest absolute Gasteiger partial charge is 0.393 e. The maximum atomic E-state index is 14.2. The first-order valence-electron chi connectivity index (χ1n) is 14.9. The lowest BCUT2D eigenvalue weighted by atomic mass is 9.33. The van der Waals surface area contributed by atoms with E-state index in [1.54, 1.807) is 0 Å². The number of rotatable bonds is 0. The molecule has 2 unspecified atom stereocenters. The van der Waals surface area contributed by atoms with Crippen molar-refractivity contribution < 1.29 is 19.5 Å². The van der Waals surface area contributed by atoms with Gasteiger partial charge >= 0.3 is 5.97 Å². The summed E-state index contributed by atoms with van der Waals surface area (Å²) < 4.78 is 0. The third kappa shape index (κ3) is 3.84. The van der Waals surface area contributed by atoms with Crippen LogP contribution in [0.25, 0.3) is 0 Å². The van der Waals surface area contributed by atoms with Gasteiger partial charge in [-0.15, -0.1) is 5.48 Å². The number of hydrogen-bond donors (Lipinski definition) is 2. The van der Waals surface area contributed by atoms with Crippen molar-refractivity contribution in [3.05, 3.63) is 11.6 Å². The first-order chi connectivity index (χ1) is 17.0. The van der Waals surface area contributed by atoms with Crippen LogP contribution in [0.4, 0.5) is 0 Å². The highest BCUT2D eigenvalue weighted by atomic mass is 16.7. The molecule has 1 heterocycles. The van der Waals surface area contributed by atoms with E-state index < -0.39 is 0 Å². The van der Waals surface area contributed by atoms with E-state index in [0.29, 0.717) is 35.0 Å². The smallest absolute Gasteiger partial charge is 0.342 e. The fourth-order valence-corrected chi connectivity index (χ4v) is 10.5. The topological polar surface area (TPSA) is 75.6 Å². The molecular formula is C32H51NO4. The van der Waals surface area contributed by atoms with Crippen LogP contribution in [0, 0.1) is 50.2 Å². The lowest BCUT2D eigenvalue weighted by Crippen LogP contribution is -2.66. The van der Waals surface area contributed by atoms with Crippen molar-refractivity contribution in [3.8, 4) is 0 Å². The number of carbonyl (C=O) groups excluding carboxylic acids is 2. The van der Waals surface area contributed by atoms with Crippen LogP contribution < -0.4 is 5.48 Å². The summed E-state index contributed by atoms with van der Waals surface area (Å²) in [4.78, 5) is 27.8. The zero-order valence-electron chi connectivity index (χ0n) is 24.6. The maximum Gasteiger partial charge on any atom is 0.342 e. The summed E-state index contributed by atoms with van der Waals surface area (Å²) in [6.45, 7) is 19.8. The van der Waals surface area contributed by atoms with Crippen LogP contribution >= 0.6 is 0 Å². The second kappa shape index (κ2) is 8.40. The van der Waals surface area contributed by atoms with Crippen LogP contribution in [0.3, 0.4) is 0 Å². The van der Waals surface area contributed by atoms with E-state index >= 15 is 0 Å². The Hall–Kier alpha value is -1.20. The first-order valence-corrected chi connectivity index (χ1v) is 14.9. The van der Waals surface area contributed by atoms with Crippen molar-refractivity contribution in [2.24, 2.45) is 50.2 Å². The van der Waals surface area contributed by atoms with Crippen molar-refractivity contribution in [2.75, 3.05) is 6.54 Å². The van der Waals surface area contributed by atoms with Crippen LogP contribution in [0.1, 0.15) is 113 Å². The molecule has 1 aliphatic heterocycles. The molecule has 5 heteroatoms. The van der Waals surface area contributed by atoms with Gasteiger partial charge < -0.3 is 9.94 Å². The number of ketones is 1. The quantitative estimate of drug-likeness (QED) is 0.392. The lowest BCUT2D eigenvalue weighted by Gasteiger charge is -2.70. The molecule has 0 amide bonds. The normalized spacial score (nSPS) is 49.4. The van der Waals surface area contributed by atoms with E-state index in [1.807, 2.05) is 0 Å². The summed E-state index contributed by atoms with van der Waals surface area (Å²) in [5, 5.41) is 10.9. The highest BCUT2D eigenvalue weighted by molar-refractivity contribution is 5.95. The van der Waals surface area contributed by atoms with Crippen LogP contribution in [0.15, 0.2) is 11.6 Å². The molecule has 5 aliphatic carbocycles. The van der Waals surface area contributed by atoms with Crippen molar-refractivity contribution >= 4 is 11.8 Å². The minimum atomic E-state index is -0.245. The monoisotopic (exact) mass is 513 g/mol. The number of hydrogen-bond acceptors (Lipinski definition) is 5. The third-order valence-electron chi connectivity index (χ3n) is 13.2. The molecule has 0 aromatic heterocycles. The zero-order chi connectivity index (χ0) is 27.2. The van der Waals surface area contributed by atoms with Gasteiger partial charge in [-0.05, 0) is 108 Å². The molecule has 0 spiro atoms. The van der Waals surface area contributed by atoms with E-state index in [0.717, 1.165) is 25.7 Å². The Morgan fingerprint density at radius 2 is 1.51 bits per heavy atom. The number of aliphatic hydroxyl groups is 1. The maximum absolute atomic E-state index is 14.2. The number of nitrogens with one attached hydrogen (secondary N) is 1. The minimum absolute atomic E-state index is 0.00948. The van der Waals surface area contributed by atoms with Crippen LogP contribution in [0.2, 0.25) is 0 Å². The standard InChI is InChI=1S/C30H48O2.C2H3NO2/c1-25(2)13-14-27(5)15-16-29(7)19(20(27)18-25)17-21(31)24-28(6)11-10-23(32)26(3,4)22(28)9-12-30(24,29)8;4-2-1-3-5-2/h17,20,22-24,32H,9-16,18H2,1-8H3;3H,1H2/t20-,22?,23+,24?,27-,28+,29-,30-;/m1./s1. The Morgan fingerprint density at radius 1 is 0.892 bits per heavy atom. The molecule has 0 aromatic rings. The number of allylic oxidation sites excluding steroid dienone is 2. The fraction of sp³-hybridized carbons (Fsp3) is 0.875. The first kappa shape index (κ1) is 27.4. The van der Waals surface area contributed by atoms with Gasteiger partial charge in [0.2, 0.25) is 0 Å². The second-order valence-electron chi connectivity index (χ2n) is 16.0. The summed E-state index contributed by atoms with van der Waals surface area (Å²) in [5.41, 5.74) is 4.60. The summed E-state index contributed by atoms with van der Waals surface area (Å²) in [6, 6.07) is 0. The van der Waals surface area contributed by atoms with Gasteiger partial charge in [0.15, 0.2) is 5.78 Å². The number of carbonyl (C=O) groups is 2. The molecule has 0 bridgehead atoms. The second-order valence-corrected chi connectivity index (χ2v) is 16.0. The molecule has 4 saturated carbocycles. The Labute approximate surface area is 224 Å². The molecule has 5 nitrogen and oxygen atoms in total. The van der Waals surface area contributed by atoms with Gasteiger partial charge in [-0.1, -0.05) is 61.0 Å². The Bertz CT molecular complexity index is 1010. The van der Waals surface area contributed by atoms with Gasteiger partial charge in [-0.25, -0.2) is 4.79 Å². The predicted octanol–water partition coefficient (Wildman–Crippen LogP) is 6.40. The van der Waals surface area contributed by atoms with Crippen LogP contribution in [0.5, 0.6) is 0 Å². The summed E-state index contributed by atoms with van der Waals surface area (Å²) in [6.07, 6.45) is 12.4. The van der Waals surface area contributed by atoms with E-state index in [4.69, 9.17) is 0 Å². The molecule has 1 saturated heterocycles. The molecule has 5 fully saturated rings. The van der Waals surface area contributed by atoms with Gasteiger partial charge in [0.05, 0.1) is 6.10 Å². The molecule has 0 radical (unpaired) electrons. The van der Waals surface area contributed by atoms with Crippen LogP contribution in [-0.4, -0.2) is 29.5 Å². The van der Waals surface area contributed by atoms with Gasteiger partial charge in [-0.2, -0.15) is 0 Å². The van der Waals surface area contributed by atoms with E-state index in [-0.39, 0.29) is 39.7 Å². The van der Waals surface area contributed by atoms with Crippen molar-refractivity contribution in [1.82, 2.24) is 5.48 Å².